The molecule has 3 aromatic rings. The zero-order valence-corrected chi connectivity index (χ0v) is 11.4. The van der Waals surface area contributed by atoms with Gasteiger partial charge in [-0.1, -0.05) is 5.16 Å². The van der Waals surface area contributed by atoms with Crippen molar-refractivity contribution in [3.8, 4) is 34.6 Å². The molecule has 0 aliphatic rings. The van der Waals surface area contributed by atoms with Crippen LogP contribution < -0.4 is 4.74 Å². The lowest BCUT2D eigenvalue weighted by atomic mass is 10.1. The molecule has 106 valence electrons. The summed E-state index contributed by atoms with van der Waals surface area (Å²) in [5.41, 5.74) is 2.10. The van der Waals surface area contributed by atoms with Gasteiger partial charge in [0.25, 0.3) is 5.89 Å². The van der Waals surface area contributed by atoms with Crippen molar-refractivity contribution in [1.82, 2.24) is 20.1 Å². The van der Waals surface area contributed by atoms with Crippen LogP contribution in [0.5, 0.6) is 11.6 Å². The summed E-state index contributed by atoms with van der Waals surface area (Å²) in [6, 6.07) is 6.55. The van der Waals surface area contributed by atoms with Gasteiger partial charge < -0.3 is 14.4 Å². The summed E-state index contributed by atoms with van der Waals surface area (Å²) < 4.78 is 10.3. The van der Waals surface area contributed by atoms with Gasteiger partial charge in [0.05, 0.1) is 7.11 Å². The molecule has 0 bridgehead atoms. The number of nitrogens with zero attached hydrogens (tertiary/aromatic N) is 4. The Morgan fingerprint density at radius 2 is 2.05 bits per heavy atom. The van der Waals surface area contributed by atoms with E-state index in [0.717, 1.165) is 11.1 Å². The molecule has 21 heavy (non-hydrogen) atoms. The summed E-state index contributed by atoms with van der Waals surface area (Å²) in [5, 5.41) is 13.3. The van der Waals surface area contributed by atoms with Crippen molar-refractivity contribution in [2.24, 2.45) is 0 Å². The fourth-order valence-corrected chi connectivity index (χ4v) is 1.90. The minimum atomic E-state index is 0.191. The van der Waals surface area contributed by atoms with Crippen molar-refractivity contribution in [2.75, 3.05) is 7.11 Å². The summed E-state index contributed by atoms with van der Waals surface area (Å²) >= 11 is 0. The van der Waals surface area contributed by atoms with Gasteiger partial charge in [0.1, 0.15) is 17.8 Å². The number of phenolic OH excluding ortho intramolecular Hbond substituents is 1. The van der Waals surface area contributed by atoms with Crippen LogP contribution in [0.4, 0.5) is 0 Å². The Morgan fingerprint density at radius 1 is 1.19 bits per heavy atom. The molecule has 0 fully saturated rings. The summed E-state index contributed by atoms with van der Waals surface area (Å²) in [7, 11) is 1.52. The highest BCUT2D eigenvalue weighted by atomic mass is 16.5. The molecule has 0 atom stereocenters. The molecule has 0 amide bonds. The van der Waals surface area contributed by atoms with Crippen molar-refractivity contribution < 1.29 is 14.4 Å². The normalized spacial score (nSPS) is 10.6. The van der Waals surface area contributed by atoms with Crippen molar-refractivity contribution >= 4 is 0 Å². The minimum absolute atomic E-state index is 0.191. The number of phenols is 1. The van der Waals surface area contributed by atoms with E-state index in [0.29, 0.717) is 23.3 Å². The van der Waals surface area contributed by atoms with E-state index in [9.17, 15) is 5.11 Å². The second-order valence-corrected chi connectivity index (χ2v) is 4.37. The number of benzene rings is 1. The van der Waals surface area contributed by atoms with Crippen molar-refractivity contribution in [3.05, 3.63) is 36.2 Å². The summed E-state index contributed by atoms with van der Waals surface area (Å²) in [6.07, 6.45) is 1.37. The molecule has 3 rings (SSSR count). The predicted octanol–water partition coefficient (Wildman–Crippen LogP) is 2.22. The molecule has 0 unspecified atom stereocenters. The number of ether oxygens (including phenoxy) is 1. The molecule has 0 aliphatic heterocycles. The maximum atomic E-state index is 9.43. The van der Waals surface area contributed by atoms with Gasteiger partial charge >= 0.3 is 0 Å². The first-order valence-electron chi connectivity index (χ1n) is 6.17. The van der Waals surface area contributed by atoms with Crippen LogP contribution in [0.25, 0.3) is 23.0 Å². The fraction of sp³-hybridized carbons (Fsp3) is 0.143. The maximum absolute atomic E-state index is 9.43. The highest BCUT2D eigenvalue weighted by Crippen LogP contribution is 2.27. The zero-order chi connectivity index (χ0) is 14.8. The van der Waals surface area contributed by atoms with Crippen LogP contribution >= 0.6 is 0 Å². The standard InChI is InChI=1S/C14H12N4O3/c1-8-5-9(19)3-4-10(8)14-17-13(18-21-14)11-6-12(20-2)16-7-15-11/h3-7,19H,1-2H3. The lowest BCUT2D eigenvalue weighted by Crippen LogP contribution is -1.92. The van der Waals surface area contributed by atoms with Crippen LogP contribution in [-0.2, 0) is 0 Å². The van der Waals surface area contributed by atoms with E-state index in [1.165, 1.54) is 13.4 Å². The monoisotopic (exact) mass is 284 g/mol. The van der Waals surface area contributed by atoms with Crippen LogP contribution in [0.3, 0.4) is 0 Å². The molecule has 0 aliphatic carbocycles. The highest BCUT2D eigenvalue weighted by Gasteiger charge is 2.14. The smallest absolute Gasteiger partial charge is 0.258 e. The SMILES string of the molecule is COc1cc(-c2noc(-c3ccc(O)cc3C)n2)ncn1. The maximum Gasteiger partial charge on any atom is 0.258 e. The summed E-state index contributed by atoms with van der Waals surface area (Å²) in [4.78, 5) is 12.3. The van der Waals surface area contributed by atoms with Crippen molar-refractivity contribution in [1.29, 1.82) is 0 Å². The Bertz CT molecular complexity index is 785. The first-order valence-corrected chi connectivity index (χ1v) is 6.17. The van der Waals surface area contributed by atoms with Crippen molar-refractivity contribution in [3.63, 3.8) is 0 Å². The molecule has 0 saturated heterocycles. The van der Waals surface area contributed by atoms with Crippen LogP contribution in [0.1, 0.15) is 5.56 Å². The van der Waals surface area contributed by atoms with Gasteiger partial charge in [-0.15, -0.1) is 0 Å². The predicted molar refractivity (Wildman–Crippen MR) is 73.7 cm³/mol. The average Bonchev–Trinajstić information content (AvgIpc) is 2.97. The molecule has 2 aromatic heterocycles. The number of methoxy groups -OCH3 is 1. The first kappa shape index (κ1) is 13.0. The van der Waals surface area contributed by atoms with E-state index < -0.39 is 0 Å². The van der Waals surface area contributed by atoms with Crippen LogP contribution in [0.2, 0.25) is 0 Å². The van der Waals surface area contributed by atoms with E-state index in [2.05, 4.69) is 20.1 Å². The van der Waals surface area contributed by atoms with E-state index >= 15 is 0 Å². The summed E-state index contributed by atoms with van der Waals surface area (Å²) in [5.74, 6) is 1.32. The molecule has 7 heteroatoms. The van der Waals surface area contributed by atoms with Gasteiger partial charge in [0.2, 0.25) is 11.7 Å². The Kier molecular flexibility index (Phi) is 3.23. The third-order valence-corrected chi connectivity index (χ3v) is 2.95. The van der Waals surface area contributed by atoms with E-state index in [-0.39, 0.29) is 5.75 Å². The van der Waals surface area contributed by atoms with Crippen LogP contribution in [0, 0.1) is 6.92 Å². The molecule has 1 aromatic carbocycles. The number of aromatic hydroxyl groups is 1. The number of rotatable bonds is 3. The molecule has 7 nitrogen and oxygen atoms in total. The van der Waals surface area contributed by atoms with E-state index in [1.54, 1.807) is 24.3 Å². The Balaban J connectivity index is 1.99. The number of aromatic nitrogens is 4. The molecule has 0 saturated carbocycles. The summed E-state index contributed by atoms with van der Waals surface area (Å²) in [6.45, 7) is 1.85. The molecular weight excluding hydrogens is 272 g/mol. The van der Waals surface area contributed by atoms with E-state index in [1.807, 2.05) is 6.92 Å². The molecule has 0 spiro atoms. The van der Waals surface area contributed by atoms with Gasteiger partial charge in [-0.25, -0.2) is 9.97 Å². The number of hydrogen-bond donors (Lipinski definition) is 1. The third kappa shape index (κ3) is 2.53. The zero-order valence-electron chi connectivity index (χ0n) is 11.4. The second kappa shape index (κ2) is 5.20. The van der Waals surface area contributed by atoms with Gasteiger partial charge in [-0.3, -0.25) is 0 Å². The largest absolute Gasteiger partial charge is 0.508 e. The second-order valence-electron chi connectivity index (χ2n) is 4.37. The van der Waals surface area contributed by atoms with Crippen molar-refractivity contribution in [2.45, 2.75) is 6.92 Å². The Hall–Kier alpha value is -2.96. The van der Waals surface area contributed by atoms with Gasteiger partial charge in [0, 0.05) is 11.6 Å². The Morgan fingerprint density at radius 3 is 2.81 bits per heavy atom. The molecular formula is C14H12N4O3. The molecule has 2 heterocycles. The highest BCUT2D eigenvalue weighted by molar-refractivity contribution is 5.62. The lowest BCUT2D eigenvalue weighted by Gasteiger charge is -2.00. The number of aryl methyl sites for hydroxylation is 1. The Labute approximate surface area is 120 Å². The lowest BCUT2D eigenvalue weighted by molar-refractivity contribution is 0.397. The average molecular weight is 284 g/mol. The molecule has 0 radical (unpaired) electrons. The van der Waals surface area contributed by atoms with Crippen LogP contribution in [0.15, 0.2) is 35.1 Å². The fourth-order valence-electron chi connectivity index (χ4n) is 1.90. The third-order valence-electron chi connectivity index (χ3n) is 2.95. The van der Waals surface area contributed by atoms with E-state index in [4.69, 9.17) is 9.26 Å². The quantitative estimate of drug-likeness (QED) is 0.787. The van der Waals surface area contributed by atoms with Gasteiger partial charge in [0.15, 0.2) is 0 Å². The molecule has 1 N–H and O–H groups in total. The topological polar surface area (TPSA) is 94.2 Å². The first-order chi connectivity index (χ1) is 10.2. The van der Waals surface area contributed by atoms with Crippen LogP contribution in [-0.4, -0.2) is 32.3 Å². The number of hydrogen-bond acceptors (Lipinski definition) is 7. The minimum Gasteiger partial charge on any atom is -0.508 e. The van der Waals surface area contributed by atoms with Gasteiger partial charge in [-0.2, -0.15) is 4.98 Å². The van der Waals surface area contributed by atoms with Gasteiger partial charge in [-0.05, 0) is 30.7 Å².